The normalized spacial score (nSPS) is 16.4. The van der Waals surface area contributed by atoms with Gasteiger partial charge in [-0.1, -0.05) is 80.4 Å². The van der Waals surface area contributed by atoms with Gasteiger partial charge in [-0.25, -0.2) is 5.01 Å². The molecule has 0 radical (unpaired) electrons. The molecule has 1 unspecified atom stereocenters. The maximum absolute atomic E-state index is 13.2. The van der Waals surface area contributed by atoms with Crippen molar-refractivity contribution in [2.45, 2.75) is 38.5 Å². The molecule has 28 heavy (non-hydrogen) atoms. The minimum atomic E-state index is -0.0165. The summed E-state index contributed by atoms with van der Waals surface area (Å²) in [5, 5.41) is 8.67. The topological polar surface area (TPSA) is 32.7 Å². The first-order valence-electron chi connectivity index (χ1n) is 10.2. The molecule has 0 saturated heterocycles. The number of carbonyl (C=O) groups excluding carboxylic acids is 1. The minimum absolute atomic E-state index is 0.0165. The maximum Gasteiger partial charge on any atom is 0.274 e. The number of fused-ring (bicyclic) bond motifs is 1. The zero-order chi connectivity index (χ0) is 19.3. The molecular weight excluding hydrogens is 344 g/mol. The zero-order valence-electron chi connectivity index (χ0n) is 16.3. The number of amides is 1. The van der Waals surface area contributed by atoms with Crippen LogP contribution >= 0.6 is 0 Å². The number of hydrazone groups is 1. The highest BCUT2D eigenvalue weighted by atomic mass is 16.2. The van der Waals surface area contributed by atoms with Gasteiger partial charge < -0.3 is 0 Å². The monoisotopic (exact) mass is 370 g/mol. The Morgan fingerprint density at radius 3 is 2.50 bits per heavy atom. The lowest BCUT2D eigenvalue weighted by molar-refractivity contribution is 0.0774. The van der Waals surface area contributed by atoms with Crippen LogP contribution < -0.4 is 0 Å². The van der Waals surface area contributed by atoms with Gasteiger partial charge in [0.2, 0.25) is 0 Å². The van der Waals surface area contributed by atoms with Crippen LogP contribution in [0.4, 0.5) is 0 Å². The van der Waals surface area contributed by atoms with Crippen molar-refractivity contribution in [3.63, 3.8) is 0 Å². The molecule has 4 rings (SSSR count). The first-order chi connectivity index (χ1) is 13.8. The van der Waals surface area contributed by atoms with Gasteiger partial charge in [0.05, 0.1) is 6.54 Å². The number of hydrogen-bond donors (Lipinski definition) is 0. The van der Waals surface area contributed by atoms with E-state index >= 15 is 0 Å². The first-order valence-corrected chi connectivity index (χ1v) is 10.2. The van der Waals surface area contributed by atoms with Crippen LogP contribution in [-0.2, 0) is 0 Å². The third-order valence-electron chi connectivity index (χ3n) is 5.48. The Labute approximate surface area is 166 Å². The Hall–Kier alpha value is -2.94. The standard InChI is InChI=1S/C25H26N2O/c1-2-3-5-14-24-23(20-11-6-4-7-12-20)18-27(26-24)25(28)22-16-15-19-10-8-9-13-21(19)17-22/h4,6-13,15-17,23H,2-3,5,14,18H2,1H3. The van der Waals surface area contributed by atoms with E-state index in [-0.39, 0.29) is 11.8 Å². The van der Waals surface area contributed by atoms with E-state index in [1.54, 1.807) is 5.01 Å². The largest absolute Gasteiger partial charge is 0.274 e. The summed E-state index contributed by atoms with van der Waals surface area (Å²) in [5.74, 6) is 0.180. The van der Waals surface area contributed by atoms with Crippen molar-refractivity contribution in [3.8, 4) is 0 Å². The fourth-order valence-electron chi connectivity index (χ4n) is 3.91. The van der Waals surface area contributed by atoms with Crippen LogP contribution in [0.1, 0.15) is 54.4 Å². The van der Waals surface area contributed by atoms with Crippen LogP contribution in [0, 0.1) is 0 Å². The number of nitrogens with zero attached hydrogens (tertiary/aromatic N) is 2. The Balaban J connectivity index is 1.59. The minimum Gasteiger partial charge on any atom is -0.267 e. The summed E-state index contributed by atoms with van der Waals surface area (Å²) in [6, 6.07) is 24.5. The fraction of sp³-hybridized carbons (Fsp3) is 0.280. The highest BCUT2D eigenvalue weighted by Crippen LogP contribution is 2.29. The lowest BCUT2D eigenvalue weighted by Gasteiger charge is -2.15. The molecule has 1 aliphatic rings. The number of rotatable bonds is 6. The van der Waals surface area contributed by atoms with Gasteiger partial charge in [-0.05, 0) is 41.3 Å². The van der Waals surface area contributed by atoms with Gasteiger partial charge in [0.1, 0.15) is 0 Å². The van der Waals surface area contributed by atoms with Crippen LogP contribution in [0.15, 0.2) is 77.9 Å². The summed E-state index contributed by atoms with van der Waals surface area (Å²) in [7, 11) is 0. The van der Waals surface area contributed by atoms with Gasteiger partial charge >= 0.3 is 0 Å². The summed E-state index contributed by atoms with van der Waals surface area (Å²) in [6.45, 7) is 2.83. The molecular formula is C25H26N2O. The Kier molecular flexibility index (Phi) is 5.52. The van der Waals surface area contributed by atoms with Crippen LogP contribution in [0.2, 0.25) is 0 Å². The summed E-state index contributed by atoms with van der Waals surface area (Å²) < 4.78 is 0. The second kappa shape index (κ2) is 8.39. The molecule has 0 N–H and O–H groups in total. The molecule has 0 bridgehead atoms. The molecule has 0 saturated carbocycles. The molecule has 0 aromatic heterocycles. The molecule has 1 aliphatic heterocycles. The fourth-order valence-corrected chi connectivity index (χ4v) is 3.91. The second-order valence-electron chi connectivity index (χ2n) is 7.46. The summed E-state index contributed by atoms with van der Waals surface area (Å²) in [4.78, 5) is 13.2. The molecule has 3 heteroatoms. The number of benzene rings is 3. The van der Waals surface area contributed by atoms with Crippen molar-refractivity contribution in [1.29, 1.82) is 0 Å². The predicted octanol–water partition coefficient (Wildman–Crippen LogP) is 6.02. The van der Waals surface area contributed by atoms with Gasteiger partial charge in [-0.15, -0.1) is 0 Å². The second-order valence-corrected chi connectivity index (χ2v) is 7.46. The molecule has 1 heterocycles. The quantitative estimate of drug-likeness (QED) is 0.489. The predicted molar refractivity (Wildman–Crippen MR) is 116 cm³/mol. The molecule has 0 fully saturated rings. The third-order valence-corrected chi connectivity index (χ3v) is 5.48. The molecule has 3 nitrogen and oxygen atoms in total. The van der Waals surface area contributed by atoms with E-state index in [9.17, 15) is 4.79 Å². The van der Waals surface area contributed by atoms with E-state index < -0.39 is 0 Å². The molecule has 1 amide bonds. The van der Waals surface area contributed by atoms with Crippen molar-refractivity contribution >= 4 is 22.4 Å². The van der Waals surface area contributed by atoms with Crippen molar-refractivity contribution in [2.24, 2.45) is 5.10 Å². The molecule has 0 spiro atoms. The van der Waals surface area contributed by atoms with E-state index in [2.05, 4.69) is 37.3 Å². The molecule has 1 atom stereocenters. The Morgan fingerprint density at radius 2 is 1.71 bits per heavy atom. The van der Waals surface area contributed by atoms with Crippen molar-refractivity contribution in [3.05, 3.63) is 83.9 Å². The van der Waals surface area contributed by atoms with Crippen LogP contribution in [-0.4, -0.2) is 23.2 Å². The Morgan fingerprint density at radius 1 is 0.964 bits per heavy atom. The summed E-state index contributed by atoms with van der Waals surface area (Å²) in [6.07, 6.45) is 4.45. The lowest BCUT2D eigenvalue weighted by Crippen LogP contribution is -2.25. The van der Waals surface area contributed by atoms with Gasteiger partial charge in [-0.2, -0.15) is 5.10 Å². The average molecular weight is 370 g/mol. The van der Waals surface area contributed by atoms with Gasteiger partial charge in [0.15, 0.2) is 0 Å². The number of unbranched alkanes of at least 4 members (excludes halogenated alkanes) is 2. The van der Waals surface area contributed by atoms with Gasteiger partial charge in [0.25, 0.3) is 5.91 Å². The SMILES string of the molecule is CCCCCC1=NN(C(=O)c2ccc3ccccc3c2)CC1c1ccccc1. The molecule has 3 aromatic rings. The van der Waals surface area contributed by atoms with Gasteiger partial charge in [-0.3, -0.25) is 4.79 Å². The van der Waals surface area contributed by atoms with Crippen molar-refractivity contribution in [2.75, 3.05) is 6.54 Å². The van der Waals surface area contributed by atoms with E-state index in [1.807, 2.05) is 42.5 Å². The van der Waals surface area contributed by atoms with Gasteiger partial charge in [0, 0.05) is 17.2 Å². The molecule has 3 aromatic carbocycles. The molecule has 142 valence electrons. The van der Waals surface area contributed by atoms with E-state index in [0.29, 0.717) is 12.1 Å². The smallest absolute Gasteiger partial charge is 0.267 e. The lowest BCUT2D eigenvalue weighted by atomic mass is 9.92. The number of carbonyl (C=O) groups is 1. The van der Waals surface area contributed by atoms with Crippen LogP contribution in [0.25, 0.3) is 10.8 Å². The van der Waals surface area contributed by atoms with Crippen molar-refractivity contribution < 1.29 is 4.79 Å². The average Bonchev–Trinajstić information content (AvgIpc) is 3.18. The zero-order valence-corrected chi connectivity index (χ0v) is 16.3. The maximum atomic E-state index is 13.2. The highest BCUT2D eigenvalue weighted by Gasteiger charge is 2.31. The van der Waals surface area contributed by atoms with E-state index in [0.717, 1.165) is 29.3 Å². The van der Waals surface area contributed by atoms with E-state index in [4.69, 9.17) is 5.10 Å². The summed E-state index contributed by atoms with van der Waals surface area (Å²) in [5.41, 5.74) is 3.07. The summed E-state index contributed by atoms with van der Waals surface area (Å²) >= 11 is 0. The Bertz CT molecular complexity index is 994. The highest BCUT2D eigenvalue weighted by molar-refractivity contribution is 6.01. The first kappa shape index (κ1) is 18.4. The number of hydrogen-bond acceptors (Lipinski definition) is 2. The third kappa shape index (κ3) is 3.84. The van der Waals surface area contributed by atoms with Crippen LogP contribution in [0.3, 0.4) is 0 Å². The molecule has 0 aliphatic carbocycles. The van der Waals surface area contributed by atoms with Crippen LogP contribution in [0.5, 0.6) is 0 Å². The van der Waals surface area contributed by atoms with E-state index in [1.165, 1.54) is 18.4 Å². The van der Waals surface area contributed by atoms with Crippen molar-refractivity contribution in [1.82, 2.24) is 5.01 Å².